The van der Waals surface area contributed by atoms with E-state index in [1.54, 1.807) is 6.92 Å². The summed E-state index contributed by atoms with van der Waals surface area (Å²) in [6.45, 7) is 1.31. The van der Waals surface area contributed by atoms with Crippen molar-refractivity contribution in [2.24, 2.45) is 0 Å². The number of alkyl halides is 3. The van der Waals surface area contributed by atoms with Crippen molar-refractivity contribution < 1.29 is 31.9 Å². The average Bonchev–Trinajstić information content (AvgIpc) is 3.19. The highest BCUT2D eigenvalue weighted by atomic mass is 19.4. The molecule has 2 amide bonds. The van der Waals surface area contributed by atoms with Gasteiger partial charge in [0.1, 0.15) is 12.1 Å². The lowest BCUT2D eigenvalue weighted by atomic mass is 9.90. The van der Waals surface area contributed by atoms with E-state index in [1.165, 1.54) is 29.3 Å². The van der Waals surface area contributed by atoms with E-state index in [2.05, 4.69) is 4.98 Å². The second-order valence-electron chi connectivity index (χ2n) is 7.72. The number of piperazine rings is 1. The fourth-order valence-corrected chi connectivity index (χ4v) is 3.95. The predicted octanol–water partition coefficient (Wildman–Crippen LogP) is 3.08. The highest BCUT2D eigenvalue weighted by Crippen LogP contribution is 2.36. The lowest BCUT2D eigenvalue weighted by Crippen LogP contribution is -2.68. The zero-order chi connectivity index (χ0) is 22.4. The quantitative estimate of drug-likeness (QED) is 0.693. The predicted molar refractivity (Wildman–Crippen MR) is 101 cm³/mol. The van der Waals surface area contributed by atoms with Crippen molar-refractivity contribution in [2.45, 2.75) is 31.6 Å². The lowest BCUT2D eigenvalue weighted by molar-refractivity contribution is -0.152. The number of carbonyl (C=O) groups excluding carboxylic acids is 2. The van der Waals surface area contributed by atoms with E-state index in [-0.39, 0.29) is 32.0 Å². The first-order valence-corrected chi connectivity index (χ1v) is 9.60. The number of benzene rings is 1. The van der Waals surface area contributed by atoms with Gasteiger partial charge in [0.05, 0.1) is 12.2 Å². The molecule has 0 radical (unpaired) electrons. The molecule has 1 spiro atoms. The van der Waals surface area contributed by atoms with Crippen molar-refractivity contribution in [3.8, 4) is 0 Å². The molecule has 0 aliphatic carbocycles. The summed E-state index contributed by atoms with van der Waals surface area (Å²) in [6, 6.07) is 5.64. The topological polar surface area (TPSA) is 62.7 Å². The Morgan fingerprint density at radius 3 is 2.48 bits per heavy atom. The van der Waals surface area contributed by atoms with Crippen LogP contribution in [0.4, 0.5) is 23.4 Å². The highest BCUT2D eigenvalue weighted by molar-refractivity contribution is 6.09. The molecule has 31 heavy (non-hydrogen) atoms. The standard InChI is InChI=1S/C21H19F4N3O3/c1-13-8-16(22)18(26-9-13)27-11-17(29)28(20(19(27)30)6-7-31-12-20)10-14-2-4-15(5-3-14)21(23,24)25/h2-5,8-9H,6-7,10-12H2,1H3. The third-order valence-electron chi connectivity index (χ3n) is 5.59. The van der Waals surface area contributed by atoms with Crippen LogP contribution in [0.15, 0.2) is 36.5 Å². The van der Waals surface area contributed by atoms with E-state index < -0.39 is 41.5 Å². The Kier molecular flexibility index (Phi) is 5.20. The third-order valence-corrected chi connectivity index (χ3v) is 5.59. The molecule has 1 aromatic heterocycles. The molecule has 4 rings (SSSR count). The third kappa shape index (κ3) is 3.76. The molecule has 2 aromatic rings. The van der Waals surface area contributed by atoms with E-state index in [0.717, 1.165) is 17.0 Å². The molecule has 2 fully saturated rings. The van der Waals surface area contributed by atoms with Crippen molar-refractivity contribution in [1.82, 2.24) is 9.88 Å². The fraction of sp³-hybridized carbons (Fsp3) is 0.381. The largest absolute Gasteiger partial charge is 0.416 e. The van der Waals surface area contributed by atoms with E-state index in [4.69, 9.17) is 4.74 Å². The van der Waals surface area contributed by atoms with E-state index in [9.17, 15) is 27.2 Å². The summed E-state index contributed by atoms with van der Waals surface area (Å²) in [6.07, 6.45) is -2.87. The lowest BCUT2D eigenvalue weighted by Gasteiger charge is -2.46. The van der Waals surface area contributed by atoms with Gasteiger partial charge in [0.25, 0.3) is 5.91 Å². The molecule has 1 atom stereocenters. The number of hydrogen-bond donors (Lipinski definition) is 0. The maximum absolute atomic E-state index is 14.5. The Bertz CT molecular complexity index is 1020. The van der Waals surface area contributed by atoms with Gasteiger partial charge >= 0.3 is 6.18 Å². The van der Waals surface area contributed by atoms with Gasteiger partial charge in [-0.05, 0) is 36.2 Å². The molecule has 3 heterocycles. The Hall–Kier alpha value is -3.01. The van der Waals surface area contributed by atoms with Gasteiger partial charge in [-0.2, -0.15) is 13.2 Å². The molecule has 0 saturated carbocycles. The van der Waals surface area contributed by atoms with Crippen LogP contribution in [0.1, 0.15) is 23.1 Å². The zero-order valence-corrected chi connectivity index (χ0v) is 16.6. The first-order chi connectivity index (χ1) is 14.6. The van der Waals surface area contributed by atoms with Crippen molar-refractivity contribution in [3.63, 3.8) is 0 Å². The minimum Gasteiger partial charge on any atom is -0.378 e. The molecule has 0 bridgehead atoms. The summed E-state index contributed by atoms with van der Waals surface area (Å²) in [5, 5.41) is 0. The maximum atomic E-state index is 14.5. The van der Waals surface area contributed by atoms with E-state index >= 15 is 0 Å². The number of hydrogen-bond acceptors (Lipinski definition) is 4. The summed E-state index contributed by atoms with van der Waals surface area (Å²) < 4.78 is 58.4. The van der Waals surface area contributed by atoms with Gasteiger partial charge in [-0.15, -0.1) is 0 Å². The molecule has 2 aliphatic heterocycles. The molecule has 164 valence electrons. The second kappa shape index (κ2) is 7.60. The Balaban J connectivity index is 1.65. The number of carbonyl (C=O) groups is 2. The molecular formula is C21H19F4N3O3. The Labute approximate surface area is 175 Å². The van der Waals surface area contributed by atoms with Crippen molar-refractivity contribution >= 4 is 17.6 Å². The van der Waals surface area contributed by atoms with Crippen LogP contribution in [-0.4, -0.2) is 47.0 Å². The van der Waals surface area contributed by atoms with Gasteiger partial charge in [0.15, 0.2) is 11.6 Å². The zero-order valence-electron chi connectivity index (χ0n) is 16.6. The number of amides is 2. The van der Waals surface area contributed by atoms with Crippen LogP contribution in [0.5, 0.6) is 0 Å². The smallest absolute Gasteiger partial charge is 0.378 e. The van der Waals surface area contributed by atoms with E-state index in [0.29, 0.717) is 11.1 Å². The molecule has 6 nitrogen and oxygen atoms in total. The molecule has 1 aromatic carbocycles. The number of aryl methyl sites for hydroxylation is 1. The first-order valence-electron chi connectivity index (χ1n) is 9.60. The van der Waals surface area contributed by atoms with Crippen LogP contribution < -0.4 is 4.90 Å². The minimum absolute atomic E-state index is 0.0658. The Morgan fingerprint density at radius 1 is 1.19 bits per heavy atom. The molecule has 10 heteroatoms. The van der Waals surface area contributed by atoms with Gasteiger partial charge in [-0.1, -0.05) is 12.1 Å². The summed E-state index contributed by atoms with van der Waals surface area (Å²) in [5.41, 5.74) is -1.16. The van der Waals surface area contributed by atoms with Crippen LogP contribution >= 0.6 is 0 Å². The number of rotatable bonds is 3. The first kappa shape index (κ1) is 21.2. The monoisotopic (exact) mass is 437 g/mol. The van der Waals surface area contributed by atoms with Gasteiger partial charge < -0.3 is 9.64 Å². The average molecular weight is 437 g/mol. The minimum atomic E-state index is -4.47. The summed E-state index contributed by atoms with van der Waals surface area (Å²) in [5.74, 6) is -1.94. The SMILES string of the molecule is Cc1cnc(N2CC(=O)N(Cc3ccc(C(F)(F)F)cc3)C3(CCOC3)C2=O)c(F)c1. The summed E-state index contributed by atoms with van der Waals surface area (Å²) in [4.78, 5) is 32.8. The number of aromatic nitrogens is 1. The summed E-state index contributed by atoms with van der Waals surface area (Å²) >= 11 is 0. The number of halogens is 4. The number of ether oxygens (including phenoxy) is 1. The van der Waals surface area contributed by atoms with Gasteiger partial charge in [-0.3, -0.25) is 14.5 Å². The molecular weight excluding hydrogens is 418 g/mol. The fourth-order valence-electron chi connectivity index (χ4n) is 3.95. The Morgan fingerprint density at radius 2 is 1.90 bits per heavy atom. The van der Waals surface area contributed by atoms with Crippen LogP contribution in [0.25, 0.3) is 0 Å². The second-order valence-corrected chi connectivity index (χ2v) is 7.72. The number of nitrogens with zero attached hydrogens (tertiary/aromatic N) is 3. The van der Waals surface area contributed by atoms with Crippen LogP contribution in [-0.2, 0) is 27.0 Å². The van der Waals surface area contributed by atoms with Gasteiger partial charge in [0, 0.05) is 25.8 Å². The van der Waals surface area contributed by atoms with Gasteiger partial charge in [-0.25, -0.2) is 9.37 Å². The van der Waals surface area contributed by atoms with Crippen molar-refractivity contribution in [1.29, 1.82) is 0 Å². The molecule has 0 N–H and O–H groups in total. The normalized spacial score (nSPS) is 22.0. The van der Waals surface area contributed by atoms with Crippen LogP contribution in [0, 0.1) is 12.7 Å². The van der Waals surface area contributed by atoms with Gasteiger partial charge in [0.2, 0.25) is 5.91 Å². The molecule has 1 unspecified atom stereocenters. The maximum Gasteiger partial charge on any atom is 0.416 e. The van der Waals surface area contributed by atoms with Crippen LogP contribution in [0.3, 0.4) is 0 Å². The molecule has 2 aliphatic rings. The molecule has 2 saturated heterocycles. The van der Waals surface area contributed by atoms with E-state index in [1.807, 2.05) is 0 Å². The van der Waals surface area contributed by atoms with Crippen molar-refractivity contribution in [2.75, 3.05) is 24.7 Å². The number of pyridine rings is 1. The summed E-state index contributed by atoms with van der Waals surface area (Å²) in [7, 11) is 0. The van der Waals surface area contributed by atoms with Crippen molar-refractivity contribution in [3.05, 3.63) is 59.0 Å². The number of anilines is 1. The van der Waals surface area contributed by atoms with Crippen LogP contribution in [0.2, 0.25) is 0 Å². The highest BCUT2D eigenvalue weighted by Gasteiger charge is 2.55.